The Hall–Kier alpha value is -1.20. The Labute approximate surface area is 112 Å². The van der Waals surface area contributed by atoms with Crippen molar-refractivity contribution in [2.45, 2.75) is 31.0 Å². The van der Waals surface area contributed by atoms with E-state index in [2.05, 4.69) is 0 Å². The minimum Gasteiger partial charge on any atom is -0.496 e. The van der Waals surface area contributed by atoms with Crippen molar-refractivity contribution in [1.82, 2.24) is 0 Å². The molecule has 4 nitrogen and oxygen atoms in total. The molecule has 1 rings (SSSR count). The van der Waals surface area contributed by atoms with Gasteiger partial charge >= 0.3 is 0 Å². The number of amidine groups is 1. The van der Waals surface area contributed by atoms with E-state index in [0.29, 0.717) is 11.3 Å². The SMILES string of the molecule is COc1cc(CSC(C)C(C)O)ccc1C(=N)N. The number of methoxy groups -OCH3 is 1. The largest absolute Gasteiger partial charge is 0.496 e. The number of benzene rings is 1. The smallest absolute Gasteiger partial charge is 0.130 e. The van der Waals surface area contributed by atoms with Crippen LogP contribution in [-0.4, -0.2) is 29.4 Å². The lowest BCUT2D eigenvalue weighted by Gasteiger charge is -2.15. The molecule has 1 aromatic carbocycles. The summed E-state index contributed by atoms with van der Waals surface area (Å²) in [5, 5.41) is 17.0. The molecular weight excluding hydrogens is 248 g/mol. The molecule has 5 heteroatoms. The number of aliphatic hydroxyl groups is 1. The molecular formula is C13H20N2O2S. The third-order valence-corrected chi connectivity index (χ3v) is 4.17. The summed E-state index contributed by atoms with van der Waals surface area (Å²) in [7, 11) is 1.57. The van der Waals surface area contributed by atoms with Crippen molar-refractivity contribution in [1.29, 1.82) is 5.41 Å². The van der Waals surface area contributed by atoms with Gasteiger partial charge in [-0.3, -0.25) is 5.41 Å². The first-order valence-corrected chi connectivity index (χ1v) is 6.81. The van der Waals surface area contributed by atoms with Gasteiger partial charge in [0, 0.05) is 11.0 Å². The van der Waals surface area contributed by atoms with Crippen LogP contribution in [0.25, 0.3) is 0 Å². The molecule has 18 heavy (non-hydrogen) atoms. The fourth-order valence-corrected chi connectivity index (χ4v) is 2.33. The zero-order valence-corrected chi connectivity index (χ0v) is 11.8. The van der Waals surface area contributed by atoms with Crippen molar-refractivity contribution in [2.75, 3.05) is 7.11 Å². The van der Waals surface area contributed by atoms with Crippen LogP contribution in [0.15, 0.2) is 18.2 Å². The highest BCUT2D eigenvalue weighted by Gasteiger charge is 2.11. The Morgan fingerprint density at radius 1 is 1.50 bits per heavy atom. The lowest BCUT2D eigenvalue weighted by atomic mass is 10.1. The van der Waals surface area contributed by atoms with E-state index in [0.717, 1.165) is 11.3 Å². The van der Waals surface area contributed by atoms with Crippen LogP contribution < -0.4 is 10.5 Å². The van der Waals surface area contributed by atoms with Crippen LogP contribution in [-0.2, 0) is 5.75 Å². The highest BCUT2D eigenvalue weighted by molar-refractivity contribution is 7.99. The van der Waals surface area contributed by atoms with Crippen LogP contribution in [0, 0.1) is 5.41 Å². The van der Waals surface area contributed by atoms with E-state index in [4.69, 9.17) is 15.9 Å². The number of nitrogen functional groups attached to an aromatic ring is 1. The fourth-order valence-electron chi connectivity index (χ4n) is 1.41. The first kappa shape index (κ1) is 14.9. The molecule has 0 amide bonds. The monoisotopic (exact) mass is 268 g/mol. The quantitative estimate of drug-likeness (QED) is 0.544. The van der Waals surface area contributed by atoms with Gasteiger partial charge in [-0.25, -0.2) is 0 Å². The second-order valence-corrected chi connectivity index (χ2v) is 5.57. The van der Waals surface area contributed by atoms with Crippen molar-refractivity contribution in [3.05, 3.63) is 29.3 Å². The summed E-state index contributed by atoms with van der Waals surface area (Å²) in [6.45, 7) is 3.79. The van der Waals surface area contributed by atoms with Gasteiger partial charge in [0.15, 0.2) is 0 Å². The number of nitrogens with one attached hydrogen (secondary N) is 1. The number of ether oxygens (including phenoxy) is 1. The molecule has 0 saturated heterocycles. The molecule has 0 saturated carbocycles. The molecule has 0 radical (unpaired) electrons. The van der Waals surface area contributed by atoms with Crippen LogP contribution in [0.2, 0.25) is 0 Å². The van der Waals surface area contributed by atoms with Gasteiger partial charge < -0.3 is 15.6 Å². The fraction of sp³-hybridized carbons (Fsp3) is 0.462. The minimum atomic E-state index is -0.326. The molecule has 2 unspecified atom stereocenters. The van der Waals surface area contributed by atoms with Gasteiger partial charge in [0.2, 0.25) is 0 Å². The molecule has 0 fully saturated rings. The predicted octanol–water partition coefficient (Wildman–Crippen LogP) is 1.98. The zero-order valence-electron chi connectivity index (χ0n) is 10.9. The van der Waals surface area contributed by atoms with Gasteiger partial charge in [0.25, 0.3) is 0 Å². The molecule has 1 aromatic rings. The molecule has 0 aliphatic heterocycles. The van der Waals surface area contributed by atoms with E-state index in [-0.39, 0.29) is 17.2 Å². The first-order valence-electron chi connectivity index (χ1n) is 5.76. The van der Waals surface area contributed by atoms with Crippen molar-refractivity contribution in [3.63, 3.8) is 0 Å². The summed E-state index contributed by atoms with van der Waals surface area (Å²) >= 11 is 1.68. The zero-order chi connectivity index (χ0) is 13.7. The Morgan fingerprint density at radius 2 is 2.17 bits per heavy atom. The number of nitrogens with two attached hydrogens (primary N) is 1. The minimum absolute atomic E-state index is 0.00315. The highest BCUT2D eigenvalue weighted by atomic mass is 32.2. The Morgan fingerprint density at radius 3 is 2.67 bits per heavy atom. The predicted molar refractivity (Wildman–Crippen MR) is 76.4 cm³/mol. The molecule has 0 spiro atoms. The van der Waals surface area contributed by atoms with Crippen LogP contribution in [0.3, 0.4) is 0 Å². The Kier molecular flexibility index (Phi) is 5.50. The molecule has 100 valence electrons. The summed E-state index contributed by atoms with van der Waals surface area (Å²) in [4.78, 5) is 0. The number of hydrogen-bond acceptors (Lipinski definition) is 4. The summed E-state index contributed by atoms with van der Waals surface area (Å²) in [5.74, 6) is 1.41. The van der Waals surface area contributed by atoms with Crippen LogP contribution in [0.4, 0.5) is 0 Å². The van der Waals surface area contributed by atoms with Gasteiger partial charge in [0.05, 0.1) is 18.8 Å². The standard InChI is InChI=1S/C13H20N2O2S/c1-8(16)9(2)18-7-10-4-5-11(13(14)15)12(6-10)17-3/h4-6,8-9,16H,7H2,1-3H3,(H3,14,15). The van der Waals surface area contributed by atoms with Crippen LogP contribution in [0.5, 0.6) is 5.75 Å². The molecule has 0 aliphatic rings. The summed E-state index contributed by atoms with van der Waals surface area (Å²) < 4.78 is 5.22. The Bertz CT molecular complexity index is 421. The number of hydrogen-bond donors (Lipinski definition) is 3. The summed E-state index contributed by atoms with van der Waals surface area (Å²) in [5.41, 5.74) is 7.17. The lowest BCUT2D eigenvalue weighted by molar-refractivity contribution is 0.196. The van der Waals surface area contributed by atoms with E-state index < -0.39 is 0 Å². The van der Waals surface area contributed by atoms with E-state index in [1.165, 1.54) is 0 Å². The number of aliphatic hydroxyl groups excluding tert-OH is 1. The third-order valence-electron chi connectivity index (χ3n) is 2.75. The number of thioether (sulfide) groups is 1. The van der Waals surface area contributed by atoms with Gasteiger partial charge in [-0.05, 0) is 24.6 Å². The van der Waals surface area contributed by atoms with E-state index in [1.54, 1.807) is 31.9 Å². The first-order chi connectivity index (χ1) is 8.45. The van der Waals surface area contributed by atoms with E-state index in [9.17, 15) is 5.11 Å². The summed E-state index contributed by atoms with van der Waals surface area (Å²) in [6.07, 6.45) is -0.326. The van der Waals surface area contributed by atoms with Crippen molar-refractivity contribution >= 4 is 17.6 Å². The van der Waals surface area contributed by atoms with Crippen molar-refractivity contribution in [3.8, 4) is 5.75 Å². The third kappa shape index (κ3) is 3.92. The van der Waals surface area contributed by atoms with Gasteiger partial charge in [-0.1, -0.05) is 13.0 Å². The van der Waals surface area contributed by atoms with Gasteiger partial charge in [0.1, 0.15) is 11.6 Å². The molecule has 0 aromatic heterocycles. The molecule has 0 heterocycles. The van der Waals surface area contributed by atoms with Crippen LogP contribution in [0.1, 0.15) is 25.0 Å². The van der Waals surface area contributed by atoms with Gasteiger partial charge in [-0.15, -0.1) is 0 Å². The maximum Gasteiger partial charge on any atom is 0.130 e. The van der Waals surface area contributed by atoms with E-state index in [1.807, 2.05) is 19.1 Å². The molecule has 0 aliphatic carbocycles. The van der Waals surface area contributed by atoms with E-state index >= 15 is 0 Å². The van der Waals surface area contributed by atoms with Crippen molar-refractivity contribution < 1.29 is 9.84 Å². The normalized spacial score (nSPS) is 14.0. The van der Waals surface area contributed by atoms with Crippen LogP contribution >= 0.6 is 11.8 Å². The maximum absolute atomic E-state index is 9.43. The lowest BCUT2D eigenvalue weighted by Crippen LogP contribution is -2.15. The highest BCUT2D eigenvalue weighted by Crippen LogP contribution is 2.25. The summed E-state index contributed by atoms with van der Waals surface area (Å²) in [6, 6.07) is 5.61. The van der Waals surface area contributed by atoms with Crippen molar-refractivity contribution in [2.24, 2.45) is 5.73 Å². The molecule has 4 N–H and O–H groups in total. The topological polar surface area (TPSA) is 79.3 Å². The molecule has 2 atom stereocenters. The second-order valence-electron chi connectivity index (χ2n) is 4.21. The second kappa shape index (κ2) is 6.66. The average Bonchev–Trinajstić information content (AvgIpc) is 2.34. The average molecular weight is 268 g/mol. The number of rotatable bonds is 6. The van der Waals surface area contributed by atoms with Gasteiger partial charge in [-0.2, -0.15) is 11.8 Å². The Balaban J connectivity index is 2.77. The maximum atomic E-state index is 9.43. The molecule has 0 bridgehead atoms.